The molecule has 174 valence electrons. The van der Waals surface area contributed by atoms with Gasteiger partial charge in [0, 0.05) is 18.0 Å². The summed E-state index contributed by atoms with van der Waals surface area (Å²) in [5.74, 6) is 1.40. The summed E-state index contributed by atoms with van der Waals surface area (Å²) in [6.07, 6.45) is 6.87. The van der Waals surface area contributed by atoms with Crippen molar-refractivity contribution in [2.24, 2.45) is 0 Å². The van der Waals surface area contributed by atoms with Gasteiger partial charge in [-0.2, -0.15) is 9.97 Å². The van der Waals surface area contributed by atoms with Crippen molar-refractivity contribution in [1.29, 1.82) is 0 Å². The van der Waals surface area contributed by atoms with Crippen LogP contribution in [0.4, 0.5) is 11.6 Å². The Morgan fingerprint density at radius 3 is 2.79 bits per heavy atom. The molecule has 0 atom stereocenters. The van der Waals surface area contributed by atoms with Crippen molar-refractivity contribution in [2.75, 3.05) is 18.4 Å². The first-order valence-corrected chi connectivity index (χ1v) is 11.3. The van der Waals surface area contributed by atoms with E-state index in [0.717, 1.165) is 37.3 Å². The zero-order valence-corrected chi connectivity index (χ0v) is 18.9. The third-order valence-corrected chi connectivity index (χ3v) is 5.64. The Labute approximate surface area is 196 Å². The van der Waals surface area contributed by atoms with Gasteiger partial charge >= 0.3 is 0 Å². The third kappa shape index (κ3) is 4.40. The Kier molecular flexibility index (Phi) is 6.05. The second kappa shape index (κ2) is 9.44. The van der Waals surface area contributed by atoms with Crippen LogP contribution in [0.15, 0.2) is 60.2 Å². The van der Waals surface area contributed by atoms with Crippen LogP contribution in [0.3, 0.4) is 0 Å². The number of fused-ring (bicyclic) bond motifs is 1. The van der Waals surface area contributed by atoms with Crippen LogP contribution in [-0.4, -0.2) is 48.5 Å². The molecule has 10 nitrogen and oxygen atoms in total. The van der Waals surface area contributed by atoms with Crippen molar-refractivity contribution in [1.82, 2.24) is 34.6 Å². The van der Waals surface area contributed by atoms with E-state index in [1.165, 1.54) is 6.20 Å². The van der Waals surface area contributed by atoms with Crippen LogP contribution in [0.2, 0.25) is 0 Å². The van der Waals surface area contributed by atoms with Crippen LogP contribution in [-0.2, 0) is 6.54 Å². The molecule has 1 aliphatic heterocycles. The molecular weight excluding hydrogens is 432 g/mol. The minimum atomic E-state index is -0.218. The molecule has 5 heterocycles. The lowest BCUT2D eigenvalue weighted by Crippen LogP contribution is -2.34. The Bertz CT molecular complexity index is 1370. The van der Waals surface area contributed by atoms with Crippen molar-refractivity contribution >= 4 is 22.7 Å². The van der Waals surface area contributed by atoms with Gasteiger partial charge in [-0.05, 0) is 51.1 Å². The Hall–Kier alpha value is -4.05. The van der Waals surface area contributed by atoms with E-state index in [2.05, 4.69) is 32.2 Å². The number of nitrogens with zero attached hydrogens (tertiary/aromatic N) is 6. The number of allylic oxidation sites excluding steroid dienone is 1. The first-order chi connectivity index (χ1) is 16.6. The smallest absolute Gasteiger partial charge is 0.278 e. The number of rotatable bonds is 7. The quantitative estimate of drug-likeness (QED) is 0.407. The highest BCUT2D eigenvalue weighted by Crippen LogP contribution is 2.21. The van der Waals surface area contributed by atoms with E-state index >= 15 is 0 Å². The highest BCUT2D eigenvalue weighted by molar-refractivity contribution is 5.77. The minimum Gasteiger partial charge on any atom is -0.474 e. The summed E-state index contributed by atoms with van der Waals surface area (Å²) in [7, 11) is 0. The van der Waals surface area contributed by atoms with E-state index in [4.69, 9.17) is 9.72 Å². The lowest BCUT2D eigenvalue weighted by molar-refractivity contribution is 0.156. The van der Waals surface area contributed by atoms with Crippen LogP contribution in [0.1, 0.15) is 18.5 Å². The van der Waals surface area contributed by atoms with Gasteiger partial charge in [-0.1, -0.05) is 12.1 Å². The van der Waals surface area contributed by atoms with E-state index < -0.39 is 0 Å². The van der Waals surface area contributed by atoms with Crippen molar-refractivity contribution in [3.05, 3.63) is 71.4 Å². The Morgan fingerprint density at radius 2 is 2.03 bits per heavy atom. The second-order valence-corrected chi connectivity index (χ2v) is 8.13. The summed E-state index contributed by atoms with van der Waals surface area (Å²) >= 11 is 0. The number of anilines is 2. The predicted octanol–water partition coefficient (Wildman–Crippen LogP) is 2.74. The number of aryl methyl sites for hydroxylation is 1. The highest BCUT2D eigenvalue weighted by atomic mass is 16.5. The number of nitrogens with one attached hydrogen (secondary N) is 2. The van der Waals surface area contributed by atoms with Gasteiger partial charge in [0.2, 0.25) is 11.8 Å². The van der Waals surface area contributed by atoms with Gasteiger partial charge in [0.1, 0.15) is 11.5 Å². The largest absolute Gasteiger partial charge is 0.474 e. The molecule has 0 saturated carbocycles. The fourth-order valence-electron chi connectivity index (χ4n) is 3.95. The molecule has 1 fully saturated rings. The summed E-state index contributed by atoms with van der Waals surface area (Å²) < 4.78 is 9.36. The molecule has 0 radical (unpaired) electrons. The van der Waals surface area contributed by atoms with Gasteiger partial charge in [-0.3, -0.25) is 9.78 Å². The predicted molar refractivity (Wildman–Crippen MR) is 130 cm³/mol. The number of ether oxygens (including phenoxy) is 1. The zero-order chi connectivity index (χ0) is 23.5. The van der Waals surface area contributed by atoms with Gasteiger partial charge in [0.25, 0.3) is 5.56 Å². The molecular formula is C24H26N8O2. The van der Waals surface area contributed by atoms with E-state index in [9.17, 15) is 4.79 Å². The summed E-state index contributed by atoms with van der Waals surface area (Å²) in [4.78, 5) is 31.1. The maximum absolute atomic E-state index is 13.1. The normalized spacial score (nSPS) is 14.3. The Balaban J connectivity index is 1.56. The number of hydrogen-bond donors (Lipinski definition) is 2. The molecule has 0 unspecified atom stereocenters. The molecule has 0 spiro atoms. The lowest BCUT2D eigenvalue weighted by atomic mass is 10.1. The highest BCUT2D eigenvalue weighted by Gasteiger charge is 2.19. The van der Waals surface area contributed by atoms with E-state index in [-0.39, 0.29) is 11.7 Å². The van der Waals surface area contributed by atoms with E-state index in [0.29, 0.717) is 35.2 Å². The molecule has 0 amide bonds. The van der Waals surface area contributed by atoms with Gasteiger partial charge in [-0.15, -0.1) is 6.58 Å². The van der Waals surface area contributed by atoms with Crippen molar-refractivity contribution in [2.45, 2.75) is 32.4 Å². The monoisotopic (exact) mass is 458 g/mol. The number of hydrogen-bond acceptors (Lipinski definition) is 8. The molecule has 4 aromatic heterocycles. The fourth-order valence-corrected chi connectivity index (χ4v) is 3.95. The van der Waals surface area contributed by atoms with Crippen molar-refractivity contribution in [3.63, 3.8) is 0 Å². The first kappa shape index (κ1) is 21.8. The van der Waals surface area contributed by atoms with Gasteiger partial charge in [0.15, 0.2) is 11.5 Å². The van der Waals surface area contributed by atoms with Crippen LogP contribution < -0.4 is 20.9 Å². The molecule has 10 heteroatoms. The van der Waals surface area contributed by atoms with Crippen LogP contribution in [0, 0.1) is 6.92 Å². The molecule has 0 bridgehead atoms. The average Bonchev–Trinajstić information content (AvgIpc) is 3.12. The van der Waals surface area contributed by atoms with Crippen molar-refractivity contribution < 1.29 is 4.74 Å². The first-order valence-electron chi connectivity index (χ1n) is 11.3. The molecule has 2 N–H and O–H groups in total. The fraction of sp³-hybridized carbons (Fsp3) is 0.292. The second-order valence-electron chi connectivity index (χ2n) is 8.13. The molecule has 0 aliphatic carbocycles. The van der Waals surface area contributed by atoms with Gasteiger partial charge < -0.3 is 15.4 Å². The van der Waals surface area contributed by atoms with Gasteiger partial charge in [0.05, 0.1) is 18.4 Å². The average molecular weight is 459 g/mol. The molecule has 5 rings (SSSR count). The van der Waals surface area contributed by atoms with Crippen molar-refractivity contribution in [3.8, 4) is 11.7 Å². The summed E-state index contributed by atoms with van der Waals surface area (Å²) in [6.45, 7) is 7.86. The summed E-state index contributed by atoms with van der Waals surface area (Å²) in [5, 5.41) is 6.87. The number of pyridine rings is 2. The zero-order valence-electron chi connectivity index (χ0n) is 18.9. The molecule has 1 saturated heterocycles. The standard InChI is InChI=1S/C24H26N8O2/c1-3-13-31-23(33)19-15-27-24(28-17-8-7-16(2)26-14-17)30-22(19)32(31)20-5-4-6-21(29-20)34-18-9-11-25-12-10-18/h3-8,14-15,18,25H,1,9-13H2,2H3,(H,27,28,30). The maximum atomic E-state index is 13.1. The summed E-state index contributed by atoms with van der Waals surface area (Å²) in [6, 6.07) is 9.32. The molecule has 1 aliphatic rings. The molecule has 0 aromatic carbocycles. The summed E-state index contributed by atoms with van der Waals surface area (Å²) in [5.41, 5.74) is 1.88. The van der Waals surface area contributed by atoms with E-state index in [1.807, 2.05) is 37.3 Å². The minimum absolute atomic E-state index is 0.113. The molecule has 4 aromatic rings. The maximum Gasteiger partial charge on any atom is 0.278 e. The van der Waals surface area contributed by atoms with Crippen LogP contribution >= 0.6 is 0 Å². The number of aromatic nitrogens is 6. The van der Waals surface area contributed by atoms with Crippen LogP contribution in [0.25, 0.3) is 16.9 Å². The molecule has 34 heavy (non-hydrogen) atoms. The van der Waals surface area contributed by atoms with Crippen LogP contribution in [0.5, 0.6) is 5.88 Å². The van der Waals surface area contributed by atoms with Gasteiger partial charge in [-0.25, -0.2) is 14.3 Å². The van der Waals surface area contributed by atoms with E-state index in [1.54, 1.807) is 21.6 Å². The lowest BCUT2D eigenvalue weighted by Gasteiger charge is -2.23. The Morgan fingerprint density at radius 1 is 1.18 bits per heavy atom. The topological polar surface area (TPSA) is 112 Å². The third-order valence-electron chi connectivity index (χ3n) is 5.64. The number of piperidine rings is 1. The SMILES string of the molecule is C=CCn1c(=O)c2cnc(Nc3ccc(C)nc3)nc2n1-c1cccc(OC2CCNCC2)n1.